The number of rotatable bonds is 4. The van der Waals surface area contributed by atoms with Crippen molar-refractivity contribution in [3.63, 3.8) is 0 Å². The molecule has 0 bridgehead atoms. The van der Waals surface area contributed by atoms with Crippen molar-refractivity contribution in [2.45, 2.75) is 19.3 Å². The molecule has 2 aromatic rings. The van der Waals surface area contributed by atoms with Crippen molar-refractivity contribution in [1.29, 1.82) is 0 Å². The zero-order valence-electron chi connectivity index (χ0n) is 14.5. The van der Waals surface area contributed by atoms with Gasteiger partial charge in [0, 0.05) is 50.0 Å². The highest BCUT2D eigenvalue weighted by Gasteiger charge is 2.30. The molecule has 0 aliphatic carbocycles. The first-order valence-electron chi connectivity index (χ1n) is 8.55. The summed E-state index contributed by atoms with van der Waals surface area (Å²) in [4.78, 5) is 19.4. The van der Waals surface area contributed by atoms with E-state index in [9.17, 15) is 18.0 Å². The van der Waals surface area contributed by atoms with Crippen LogP contribution in [0.25, 0.3) is 0 Å². The summed E-state index contributed by atoms with van der Waals surface area (Å²) in [6, 6.07) is 9.27. The van der Waals surface area contributed by atoms with Crippen LogP contribution in [0.4, 0.5) is 18.9 Å². The molecule has 0 N–H and O–H groups in total. The van der Waals surface area contributed by atoms with E-state index in [4.69, 9.17) is 0 Å². The lowest BCUT2D eigenvalue weighted by Crippen LogP contribution is -2.49. The second-order valence-electron chi connectivity index (χ2n) is 6.23. The van der Waals surface area contributed by atoms with Gasteiger partial charge in [0.2, 0.25) is 5.95 Å². The third-order valence-corrected chi connectivity index (χ3v) is 4.63. The largest absolute Gasteiger partial charge is 0.368 e. The van der Waals surface area contributed by atoms with Gasteiger partial charge in [-0.3, -0.25) is 4.79 Å². The van der Waals surface area contributed by atoms with E-state index < -0.39 is 17.8 Å². The smallest absolute Gasteiger partial charge is 0.273 e. The topological polar surface area (TPSA) is 36.4 Å². The van der Waals surface area contributed by atoms with Crippen molar-refractivity contribution in [2.24, 2.45) is 0 Å². The Morgan fingerprint density at radius 2 is 1.88 bits per heavy atom. The Bertz CT molecular complexity index is 789. The van der Waals surface area contributed by atoms with Crippen LogP contribution in [-0.2, 0) is 5.92 Å². The Morgan fingerprint density at radius 1 is 1.15 bits per heavy atom. The monoisotopic (exact) mass is 363 g/mol. The normalized spacial score (nSPS) is 15.2. The molecule has 1 aromatic carbocycles. The van der Waals surface area contributed by atoms with Gasteiger partial charge in [-0.15, -0.1) is 0 Å². The number of aromatic nitrogens is 1. The molecule has 0 spiro atoms. The first-order valence-corrected chi connectivity index (χ1v) is 8.55. The van der Waals surface area contributed by atoms with Gasteiger partial charge >= 0.3 is 0 Å². The van der Waals surface area contributed by atoms with Gasteiger partial charge in [0.1, 0.15) is 0 Å². The number of nitrogens with zero attached hydrogens (tertiary/aromatic N) is 3. The summed E-state index contributed by atoms with van der Waals surface area (Å²) in [6.07, 6.45) is 1.04. The number of carbonyl (C=O) groups excluding carboxylic acids is 1. The van der Waals surface area contributed by atoms with E-state index in [1.165, 1.54) is 37.4 Å². The molecule has 0 unspecified atom stereocenters. The second-order valence-corrected chi connectivity index (χ2v) is 6.23. The fourth-order valence-corrected chi connectivity index (χ4v) is 3.02. The number of hydrogen-bond donors (Lipinski definition) is 0. The van der Waals surface area contributed by atoms with Gasteiger partial charge in [-0.05, 0) is 24.3 Å². The van der Waals surface area contributed by atoms with Crippen LogP contribution in [-0.4, -0.2) is 42.0 Å². The Kier molecular flexibility index (Phi) is 5.15. The number of pyridine rings is 1. The van der Waals surface area contributed by atoms with Gasteiger partial charge < -0.3 is 9.80 Å². The molecule has 1 aliphatic heterocycles. The number of halogens is 3. The molecule has 26 heavy (non-hydrogen) atoms. The molecule has 1 aliphatic rings. The number of alkyl halides is 2. The summed E-state index contributed by atoms with van der Waals surface area (Å²) < 4.78 is 41.5. The number of carbonyl (C=O) groups is 1. The van der Waals surface area contributed by atoms with E-state index in [1.54, 1.807) is 17.0 Å². The molecule has 2 heterocycles. The van der Waals surface area contributed by atoms with Crippen molar-refractivity contribution in [1.82, 2.24) is 9.88 Å². The molecule has 1 aromatic heterocycles. The molecule has 0 radical (unpaired) electrons. The fourth-order valence-electron chi connectivity index (χ4n) is 3.02. The number of piperazine rings is 1. The standard InChI is InChI=1S/C19H20F3N3O/c1-2-19(21,22)14-5-3-6-15(13-14)24-9-11-25(12-10-24)18(26)16-7-4-8-23-17(16)20/h3-8,13H,2,9-12H2,1H3. The molecule has 7 heteroatoms. The predicted octanol–water partition coefficient (Wildman–Crippen LogP) is 3.68. The average Bonchev–Trinajstić information content (AvgIpc) is 2.68. The zero-order valence-corrected chi connectivity index (χ0v) is 14.5. The molecule has 4 nitrogen and oxygen atoms in total. The average molecular weight is 363 g/mol. The molecule has 1 saturated heterocycles. The number of benzene rings is 1. The van der Waals surface area contributed by atoms with Crippen LogP contribution in [0.5, 0.6) is 0 Å². The van der Waals surface area contributed by atoms with E-state index >= 15 is 0 Å². The number of amides is 1. The van der Waals surface area contributed by atoms with E-state index in [-0.39, 0.29) is 17.5 Å². The van der Waals surface area contributed by atoms with Crippen LogP contribution in [0.2, 0.25) is 0 Å². The minimum atomic E-state index is -2.86. The van der Waals surface area contributed by atoms with Crippen molar-refractivity contribution < 1.29 is 18.0 Å². The minimum absolute atomic E-state index is 0.00608. The molecule has 0 saturated carbocycles. The lowest BCUT2D eigenvalue weighted by Gasteiger charge is -2.36. The Labute approximate surface area is 150 Å². The highest BCUT2D eigenvalue weighted by Crippen LogP contribution is 2.33. The van der Waals surface area contributed by atoms with Gasteiger partial charge in [-0.2, -0.15) is 4.39 Å². The molecule has 3 rings (SSSR count). The van der Waals surface area contributed by atoms with Crippen LogP contribution >= 0.6 is 0 Å². The van der Waals surface area contributed by atoms with Crippen LogP contribution in [0.1, 0.15) is 29.3 Å². The number of anilines is 1. The van der Waals surface area contributed by atoms with E-state index in [2.05, 4.69) is 4.98 Å². The molecule has 138 valence electrons. The lowest BCUT2D eigenvalue weighted by atomic mass is 10.0. The van der Waals surface area contributed by atoms with Crippen LogP contribution < -0.4 is 4.90 Å². The Balaban J connectivity index is 1.68. The van der Waals surface area contributed by atoms with Crippen LogP contribution in [0, 0.1) is 5.95 Å². The van der Waals surface area contributed by atoms with E-state index in [1.807, 2.05) is 4.90 Å². The van der Waals surface area contributed by atoms with Gasteiger partial charge in [-0.1, -0.05) is 19.1 Å². The zero-order chi connectivity index (χ0) is 18.7. The Morgan fingerprint density at radius 3 is 2.54 bits per heavy atom. The van der Waals surface area contributed by atoms with Crippen LogP contribution in [0.3, 0.4) is 0 Å². The lowest BCUT2D eigenvalue weighted by molar-refractivity contribution is -0.00825. The van der Waals surface area contributed by atoms with Crippen LogP contribution in [0.15, 0.2) is 42.6 Å². The first kappa shape index (κ1) is 18.2. The van der Waals surface area contributed by atoms with E-state index in [0.29, 0.717) is 31.9 Å². The Hall–Kier alpha value is -2.57. The summed E-state index contributed by atoms with van der Waals surface area (Å²) in [6.45, 7) is 3.22. The summed E-state index contributed by atoms with van der Waals surface area (Å²) in [5.41, 5.74) is 0.647. The third kappa shape index (κ3) is 3.66. The van der Waals surface area contributed by atoms with Gasteiger partial charge in [0.15, 0.2) is 0 Å². The third-order valence-electron chi connectivity index (χ3n) is 4.63. The maximum absolute atomic E-state index is 13.9. The SMILES string of the molecule is CCC(F)(F)c1cccc(N2CCN(C(=O)c3cccnc3F)CC2)c1. The fraction of sp³-hybridized carbons (Fsp3) is 0.368. The maximum Gasteiger partial charge on any atom is 0.273 e. The van der Waals surface area contributed by atoms with E-state index in [0.717, 1.165) is 0 Å². The van der Waals surface area contributed by atoms with Crippen molar-refractivity contribution in [3.05, 3.63) is 59.7 Å². The predicted molar refractivity (Wildman–Crippen MR) is 92.9 cm³/mol. The summed E-state index contributed by atoms with van der Waals surface area (Å²) in [7, 11) is 0. The first-order chi connectivity index (χ1) is 12.4. The molecular weight excluding hydrogens is 343 g/mol. The van der Waals surface area contributed by atoms with Crippen molar-refractivity contribution in [2.75, 3.05) is 31.1 Å². The van der Waals surface area contributed by atoms with Crippen molar-refractivity contribution >= 4 is 11.6 Å². The second kappa shape index (κ2) is 7.35. The van der Waals surface area contributed by atoms with Gasteiger partial charge in [0.25, 0.3) is 11.8 Å². The molecular formula is C19H20F3N3O. The van der Waals surface area contributed by atoms with Gasteiger partial charge in [-0.25, -0.2) is 13.8 Å². The quantitative estimate of drug-likeness (QED) is 0.778. The molecule has 0 atom stereocenters. The highest BCUT2D eigenvalue weighted by molar-refractivity contribution is 5.94. The highest BCUT2D eigenvalue weighted by atomic mass is 19.3. The minimum Gasteiger partial charge on any atom is -0.368 e. The van der Waals surface area contributed by atoms with Crippen molar-refractivity contribution in [3.8, 4) is 0 Å². The number of hydrogen-bond acceptors (Lipinski definition) is 3. The summed E-state index contributed by atoms with van der Waals surface area (Å²) in [5, 5.41) is 0. The molecule has 1 amide bonds. The summed E-state index contributed by atoms with van der Waals surface area (Å²) in [5.74, 6) is -4.04. The molecule has 1 fully saturated rings. The van der Waals surface area contributed by atoms with Gasteiger partial charge in [0.05, 0.1) is 5.56 Å². The summed E-state index contributed by atoms with van der Waals surface area (Å²) >= 11 is 0. The maximum atomic E-state index is 13.9.